The Morgan fingerprint density at radius 1 is 0.947 bits per heavy atom. The zero-order valence-corrected chi connectivity index (χ0v) is 12.5. The van der Waals surface area contributed by atoms with Crippen LogP contribution in [0.3, 0.4) is 0 Å². The number of hydrogen-bond donors (Lipinski definition) is 1. The van der Waals surface area contributed by atoms with Crippen LogP contribution in [0.4, 0.5) is 0 Å². The van der Waals surface area contributed by atoms with Crippen molar-refractivity contribution in [2.24, 2.45) is 0 Å². The molecule has 0 saturated heterocycles. The molecule has 0 amide bonds. The number of benzene rings is 2. The molecule has 1 nitrogen and oxygen atoms in total. The highest BCUT2D eigenvalue weighted by Crippen LogP contribution is 2.33. The van der Waals surface area contributed by atoms with E-state index in [0.29, 0.717) is 22.0 Å². The molecule has 0 aliphatic heterocycles. The summed E-state index contributed by atoms with van der Waals surface area (Å²) in [5.41, 5.74) is 4.09. The van der Waals surface area contributed by atoms with Gasteiger partial charge in [-0.2, -0.15) is 0 Å². The molecule has 2 aromatic carbocycles. The van der Waals surface area contributed by atoms with Crippen molar-refractivity contribution in [3.8, 4) is 0 Å². The van der Waals surface area contributed by atoms with Crippen LogP contribution in [-0.4, -0.2) is 5.11 Å². The van der Waals surface area contributed by atoms with E-state index in [1.807, 2.05) is 32.0 Å². The molecule has 0 fully saturated rings. The third-order valence-corrected chi connectivity index (χ3v) is 4.03. The van der Waals surface area contributed by atoms with Gasteiger partial charge in [-0.05, 0) is 42.7 Å². The largest absolute Gasteiger partial charge is 0.388 e. The van der Waals surface area contributed by atoms with E-state index >= 15 is 0 Å². The minimum Gasteiger partial charge on any atom is -0.388 e. The molecule has 1 N–H and O–H groups in total. The van der Waals surface area contributed by atoms with Crippen LogP contribution >= 0.6 is 23.2 Å². The van der Waals surface area contributed by atoms with E-state index in [9.17, 15) is 5.11 Å². The molecular weight excluding hydrogens is 279 g/mol. The molecule has 0 heterocycles. The van der Waals surface area contributed by atoms with Gasteiger partial charge in [0.2, 0.25) is 0 Å². The lowest BCUT2D eigenvalue weighted by Crippen LogP contribution is -2.06. The molecule has 3 heteroatoms. The standard InChI is InChI=1S/C16H16Cl2O/c1-10-5-3-6-11(2)12(10)9-15(19)16-13(17)7-4-8-14(16)18/h3-8,15,19H,9H2,1-2H3. The average molecular weight is 295 g/mol. The first-order chi connectivity index (χ1) is 9.00. The first-order valence-electron chi connectivity index (χ1n) is 6.17. The third kappa shape index (κ3) is 3.11. The van der Waals surface area contributed by atoms with Gasteiger partial charge in [0.1, 0.15) is 0 Å². The Bertz CT molecular complexity index is 553. The van der Waals surface area contributed by atoms with Crippen LogP contribution < -0.4 is 0 Å². The number of halogens is 2. The van der Waals surface area contributed by atoms with E-state index < -0.39 is 6.10 Å². The predicted molar refractivity (Wildman–Crippen MR) is 81.0 cm³/mol. The van der Waals surface area contributed by atoms with Crippen molar-refractivity contribution in [3.05, 3.63) is 68.7 Å². The molecular formula is C16H16Cl2O. The Labute approximate surface area is 123 Å². The van der Waals surface area contributed by atoms with Crippen LogP contribution in [0.1, 0.15) is 28.4 Å². The van der Waals surface area contributed by atoms with Gasteiger partial charge < -0.3 is 5.11 Å². The molecule has 0 saturated carbocycles. The molecule has 100 valence electrons. The van der Waals surface area contributed by atoms with E-state index in [-0.39, 0.29) is 0 Å². The first kappa shape index (κ1) is 14.4. The fourth-order valence-electron chi connectivity index (χ4n) is 2.30. The zero-order valence-electron chi connectivity index (χ0n) is 11.0. The summed E-state index contributed by atoms with van der Waals surface area (Å²) in [6.07, 6.45) is -0.178. The van der Waals surface area contributed by atoms with Gasteiger partial charge in [-0.3, -0.25) is 0 Å². The van der Waals surface area contributed by atoms with Crippen LogP contribution in [-0.2, 0) is 6.42 Å². The maximum absolute atomic E-state index is 10.4. The number of aliphatic hydroxyl groups is 1. The van der Waals surface area contributed by atoms with E-state index in [2.05, 4.69) is 0 Å². The summed E-state index contributed by atoms with van der Waals surface area (Å²) in [6, 6.07) is 11.4. The monoisotopic (exact) mass is 294 g/mol. The second-order valence-electron chi connectivity index (χ2n) is 4.73. The Hall–Kier alpha value is -1.02. The second kappa shape index (κ2) is 5.96. The number of hydrogen-bond acceptors (Lipinski definition) is 1. The van der Waals surface area contributed by atoms with Crippen LogP contribution in [0.15, 0.2) is 36.4 Å². The highest BCUT2D eigenvalue weighted by atomic mass is 35.5. The number of aryl methyl sites for hydroxylation is 2. The topological polar surface area (TPSA) is 20.2 Å². The summed E-state index contributed by atoms with van der Waals surface area (Å²) in [5.74, 6) is 0. The minimum absolute atomic E-state index is 0.506. The third-order valence-electron chi connectivity index (χ3n) is 3.37. The summed E-state index contributed by atoms with van der Waals surface area (Å²) in [5, 5.41) is 11.4. The average Bonchev–Trinajstić information content (AvgIpc) is 2.34. The molecule has 19 heavy (non-hydrogen) atoms. The lowest BCUT2D eigenvalue weighted by Gasteiger charge is -2.17. The Morgan fingerprint density at radius 3 is 1.95 bits per heavy atom. The van der Waals surface area contributed by atoms with Gasteiger partial charge in [-0.25, -0.2) is 0 Å². The maximum Gasteiger partial charge on any atom is 0.0859 e. The predicted octanol–water partition coefficient (Wildman–Crippen LogP) is 4.89. The molecule has 2 rings (SSSR count). The van der Waals surface area contributed by atoms with Crippen LogP contribution in [0.2, 0.25) is 10.0 Å². The summed E-state index contributed by atoms with van der Waals surface area (Å²) in [6.45, 7) is 4.09. The highest BCUT2D eigenvalue weighted by molar-refractivity contribution is 6.36. The molecule has 1 unspecified atom stereocenters. The van der Waals surface area contributed by atoms with Crippen LogP contribution in [0, 0.1) is 13.8 Å². The maximum atomic E-state index is 10.4. The van der Waals surface area contributed by atoms with Crippen molar-refractivity contribution in [2.45, 2.75) is 26.4 Å². The van der Waals surface area contributed by atoms with Crippen molar-refractivity contribution < 1.29 is 5.11 Å². The number of aliphatic hydroxyl groups excluding tert-OH is 1. The van der Waals surface area contributed by atoms with Gasteiger partial charge in [-0.15, -0.1) is 0 Å². The molecule has 2 aromatic rings. The lowest BCUT2D eigenvalue weighted by atomic mass is 9.94. The fourth-order valence-corrected chi connectivity index (χ4v) is 2.94. The Morgan fingerprint density at radius 2 is 1.42 bits per heavy atom. The smallest absolute Gasteiger partial charge is 0.0859 e. The first-order valence-corrected chi connectivity index (χ1v) is 6.93. The van der Waals surface area contributed by atoms with Gasteiger partial charge in [0.25, 0.3) is 0 Å². The molecule has 0 radical (unpaired) electrons. The van der Waals surface area contributed by atoms with Gasteiger partial charge in [0, 0.05) is 22.0 Å². The van der Waals surface area contributed by atoms with Crippen molar-refractivity contribution in [1.82, 2.24) is 0 Å². The SMILES string of the molecule is Cc1cccc(C)c1CC(O)c1c(Cl)cccc1Cl. The number of rotatable bonds is 3. The summed E-state index contributed by atoms with van der Waals surface area (Å²) >= 11 is 12.3. The van der Waals surface area contributed by atoms with Crippen molar-refractivity contribution in [1.29, 1.82) is 0 Å². The van der Waals surface area contributed by atoms with Crippen LogP contribution in [0.25, 0.3) is 0 Å². The molecule has 0 bridgehead atoms. The van der Waals surface area contributed by atoms with Crippen LogP contribution in [0.5, 0.6) is 0 Å². The van der Waals surface area contributed by atoms with Gasteiger partial charge in [0.15, 0.2) is 0 Å². The highest BCUT2D eigenvalue weighted by Gasteiger charge is 2.17. The zero-order chi connectivity index (χ0) is 14.0. The Balaban J connectivity index is 2.34. The summed E-state index contributed by atoms with van der Waals surface area (Å²) in [4.78, 5) is 0. The summed E-state index contributed by atoms with van der Waals surface area (Å²) < 4.78 is 0. The normalized spacial score (nSPS) is 12.5. The van der Waals surface area contributed by atoms with Gasteiger partial charge in [-0.1, -0.05) is 47.5 Å². The molecule has 0 aromatic heterocycles. The Kier molecular flexibility index (Phi) is 4.51. The van der Waals surface area contributed by atoms with Crippen molar-refractivity contribution in [2.75, 3.05) is 0 Å². The quantitative estimate of drug-likeness (QED) is 0.855. The van der Waals surface area contributed by atoms with Gasteiger partial charge in [0.05, 0.1) is 6.10 Å². The van der Waals surface area contributed by atoms with Gasteiger partial charge >= 0.3 is 0 Å². The molecule has 0 aliphatic carbocycles. The van der Waals surface area contributed by atoms with E-state index in [0.717, 1.165) is 5.56 Å². The second-order valence-corrected chi connectivity index (χ2v) is 5.54. The molecule has 0 aliphatic rings. The molecule has 0 spiro atoms. The minimum atomic E-state index is -0.694. The lowest BCUT2D eigenvalue weighted by molar-refractivity contribution is 0.178. The van der Waals surface area contributed by atoms with Crippen molar-refractivity contribution >= 4 is 23.2 Å². The van der Waals surface area contributed by atoms with E-state index in [4.69, 9.17) is 23.2 Å². The van der Waals surface area contributed by atoms with E-state index in [1.165, 1.54) is 11.1 Å². The van der Waals surface area contributed by atoms with Crippen molar-refractivity contribution in [3.63, 3.8) is 0 Å². The summed E-state index contributed by atoms with van der Waals surface area (Å²) in [7, 11) is 0. The fraction of sp³-hybridized carbons (Fsp3) is 0.250. The molecule has 1 atom stereocenters. The van der Waals surface area contributed by atoms with E-state index in [1.54, 1.807) is 18.2 Å².